The van der Waals surface area contributed by atoms with Crippen molar-refractivity contribution in [2.75, 3.05) is 49.4 Å². The lowest BCUT2D eigenvalue weighted by Crippen LogP contribution is -2.48. The largest absolute Gasteiger partial charge is 0.494 e. The number of hydrogen-bond donors (Lipinski definition) is 5. The molecule has 0 aromatic heterocycles. The molecule has 1 atom stereocenters. The second kappa shape index (κ2) is 8.13. The van der Waals surface area contributed by atoms with Crippen molar-refractivity contribution in [3.05, 3.63) is 59.9 Å². The quantitative estimate of drug-likeness (QED) is 0.474. The first kappa shape index (κ1) is 19.9. The first-order valence-electron chi connectivity index (χ1n) is 9.75. The predicted molar refractivity (Wildman–Crippen MR) is 119 cm³/mol. The van der Waals surface area contributed by atoms with E-state index < -0.39 is 5.66 Å². The Morgan fingerprint density at radius 3 is 2.67 bits per heavy atom. The highest BCUT2D eigenvalue weighted by molar-refractivity contribution is 5.97. The summed E-state index contributed by atoms with van der Waals surface area (Å²) in [6, 6.07) is 13.3. The zero-order valence-corrected chi connectivity index (χ0v) is 16.9. The van der Waals surface area contributed by atoms with Crippen molar-refractivity contribution >= 4 is 23.0 Å². The summed E-state index contributed by atoms with van der Waals surface area (Å²) in [4.78, 5) is 6.89. The summed E-state index contributed by atoms with van der Waals surface area (Å²) in [5, 5.41) is 6.28. The number of morpholine rings is 1. The van der Waals surface area contributed by atoms with Crippen LogP contribution < -0.4 is 37.5 Å². The summed E-state index contributed by atoms with van der Waals surface area (Å²) in [6.45, 7) is 3.14. The number of nitrogen functional groups attached to an aromatic ring is 1. The van der Waals surface area contributed by atoms with Crippen molar-refractivity contribution in [1.29, 1.82) is 0 Å². The Kier molecular flexibility index (Phi) is 5.39. The third-order valence-electron chi connectivity index (χ3n) is 5.28. The van der Waals surface area contributed by atoms with Crippen LogP contribution >= 0.6 is 0 Å². The van der Waals surface area contributed by atoms with Gasteiger partial charge in [-0.25, -0.2) is 4.99 Å². The summed E-state index contributed by atoms with van der Waals surface area (Å²) in [7, 11) is 1.63. The molecule has 1 unspecified atom stereocenters. The number of guanidine groups is 1. The SMILES string of the molecule is COc1cc(N2CCOCC2)ccc1NC1=NC(N)(c2ccccc2N)C(N)=CN1. The maximum Gasteiger partial charge on any atom is 0.202 e. The number of rotatable bonds is 4. The van der Waals surface area contributed by atoms with E-state index in [-0.39, 0.29) is 0 Å². The minimum atomic E-state index is -1.28. The van der Waals surface area contributed by atoms with Gasteiger partial charge in [-0.2, -0.15) is 0 Å². The van der Waals surface area contributed by atoms with E-state index >= 15 is 0 Å². The third kappa shape index (κ3) is 3.72. The standard InChI is InChI=1S/C21H27N7O2/c1-29-18-12-14(28-8-10-30-11-9-28)6-7-17(18)26-20-25-13-19(23)21(24,27-20)15-4-2-3-5-16(15)22/h2-7,12-13H,8-11,22-24H2,1H3,(H2,25,26,27). The van der Waals surface area contributed by atoms with Gasteiger partial charge in [0.2, 0.25) is 5.96 Å². The lowest BCUT2D eigenvalue weighted by atomic mass is 9.95. The Hall–Kier alpha value is -3.43. The molecule has 8 N–H and O–H groups in total. The van der Waals surface area contributed by atoms with E-state index in [1.807, 2.05) is 36.4 Å². The van der Waals surface area contributed by atoms with Crippen LogP contribution in [0.4, 0.5) is 17.1 Å². The van der Waals surface area contributed by atoms with Crippen molar-refractivity contribution < 1.29 is 9.47 Å². The molecular weight excluding hydrogens is 382 g/mol. The number of ether oxygens (including phenoxy) is 2. The van der Waals surface area contributed by atoms with Crippen molar-refractivity contribution in [3.8, 4) is 5.75 Å². The predicted octanol–water partition coefficient (Wildman–Crippen LogP) is 1.10. The van der Waals surface area contributed by atoms with Crippen LogP contribution in [0.1, 0.15) is 5.56 Å². The summed E-state index contributed by atoms with van der Waals surface area (Å²) in [5.41, 5.74) is 20.9. The van der Waals surface area contributed by atoms with Gasteiger partial charge in [0.25, 0.3) is 0 Å². The maximum atomic E-state index is 6.57. The van der Waals surface area contributed by atoms with Crippen molar-refractivity contribution in [3.63, 3.8) is 0 Å². The molecule has 1 saturated heterocycles. The molecule has 2 aromatic rings. The summed E-state index contributed by atoms with van der Waals surface area (Å²) >= 11 is 0. The van der Waals surface area contributed by atoms with Gasteiger partial charge in [-0.1, -0.05) is 18.2 Å². The van der Waals surface area contributed by atoms with Gasteiger partial charge >= 0.3 is 0 Å². The maximum absolute atomic E-state index is 6.57. The molecule has 2 heterocycles. The second-order valence-corrected chi connectivity index (χ2v) is 7.17. The number of anilines is 3. The van der Waals surface area contributed by atoms with Crippen LogP contribution in [-0.2, 0) is 10.4 Å². The van der Waals surface area contributed by atoms with E-state index in [0.29, 0.717) is 28.7 Å². The van der Waals surface area contributed by atoms with E-state index in [0.717, 1.165) is 37.7 Å². The molecule has 158 valence electrons. The topological polar surface area (TPSA) is 136 Å². The second-order valence-electron chi connectivity index (χ2n) is 7.17. The van der Waals surface area contributed by atoms with Crippen LogP contribution in [0.2, 0.25) is 0 Å². The molecule has 30 heavy (non-hydrogen) atoms. The average molecular weight is 409 g/mol. The van der Waals surface area contributed by atoms with Gasteiger partial charge in [0.1, 0.15) is 5.75 Å². The van der Waals surface area contributed by atoms with E-state index in [1.165, 1.54) is 0 Å². The number of methoxy groups -OCH3 is 1. The number of para-hydroxylation sites is 1. The number of nitrogens with two attached hydrogens (primary N) is 3. The summed E-state index contributed by atoms with van der Waals surface area (Å²) in [6.07, 6.45) is 1.62. The van der Waals surface area contributed by atoms with Gasteiger partial charge < -0.3 is 36.5 Å². The third-order valence-corrected chi connectivity index (χ3v) is 5.28. The van der Waals surface area contributed by atoms with Gasteiger partial charge in [0, 0.05) is 42.3 Å². The number of aliphatic imine (C=N–C) groups is 1. The Bertz CT molecular complexity index is 985. The molecular formula is C21H27N7O2. The molecule has 2 aliphatic rings. The smallest absolute Gasteiger partial charge is 0.202 e. The van der Waals surface area contributed by atoms with Crippen molar-refractivity contribution in [1.82, 2.24) is 5.32 Å². The van der Waals surface area contributed by atoms with Crippen molar-refractivity contribution in [2.24, 2.45) is 16.5 Å². The monoisotopic (exact) mass is 409 g/mol. The first-order chi connectivity index (χ1) is 14.5. The highest BCUT2D eigenvalue weighted by Crippen LogP contribution is 2.33. The van der Waals surface area contributed by atoms with Crippen LogP contribution in [0.3, 0.4) is 0 Å². The average Bonchev–Trinajstić information content (AvgIpc) is 2.77. The van der Waals surface area contributed by atoms with E-state index in [9.17, 15) is 0 Å². The zero-order chi connectivity index (χ0) is 21.1. The van der Waals surface area contributed by atoms with Crippen LogP contribution in [0.15, 0.2) is 59.4 Å². The van der Waals surface area contributed by atoms with Crippen molar-refractivity contribution in [2.45, 2.75) is 5.66 Å². The molecule has 0 amide bonds. The van der Waals surface area contributed by atoms with Gasteiger partial charge in [-0.3, -0.25) is 5.73 Å². The Labute approximate surface area is 175 Å². The Morgan fingerprint density at radius 1 is 1.17 bits per heavy atom. The van der Waals surface area contributed by atoms with Gasteiger partial charge in [0.15, 0.2) is 5.66 Å². The fourth-order valence-electron chi connectivity index (χ4n) is 3.58. The Morgan fingerprint density at radius 2 is 1.93 bits per heavy atom. The summed E-state index contributed by atoms with van der Waals surface area (Å²) < 4.78 is 11.0. The highest BCUT2D eigenvalue weighted by atomic mass is 16.5. The van der Waals surface area contributed by atoms with E-state index in [2.05, 4.69) is 20.5 Å². The first-order valence-corrected chi connectivity index (χ1v) is 9.75. The van der Waals surface area contributed by atoms with Crippen LogP contribution in [0.5, 0.6) is 5.75 Å². The molecule has 0 radical (unpaired) electrons. The minimum Gasteiger partial charge on any atom is -0.494 e. The molecule has 0 aliphatic carbocycles. The van der Waals surface area contributed by atoms with Crippen LogP contribution in [-0.4, -0.2) is 39.4 Å². The van der Waals surface area contributed by atoms with Gasteiger partial charge in [-0.05, 0) is 18.2 Å². The fraction of sp³-hybridized carbons (Fsp3) is 0.286. The molecule has 4 rings (SSSR count). The van der Waals surface area contributed by atoms with E-state index in [1.54, 1.807) is 19.4 Å². The number of benzene rings is 2. The minimum absolute atomic E-state index is 0.362. The number of nitrogens with one attached hydrogen (secondary N) is 2. The molecule has 0 spiro atoms. The lowest BCUT2D eigenvalue weighted by Gasteiger charge is -2.32. The summed E-state index contributed by atoms with van der Waals surface area (Å²) in [5.74, 6) is 1.13. The molecule has 1 fully saturated rings. The molecule has 0 bridgehead atoms. The molecule has 2 aliphatic heterocycles. The van der Waals surface area contributed by atoms with Gasteiger partial charge in [0.05, 0.1) is 31.7 Å². The van der Waals surface area contributed by atoms with Crippen LogP contribution in [0.25, 0.3) is 0 Å². The lowest BCUT2D eigenvalue weighted by molar-refractivity contribution is 0.122. The molecule has 9 heteroatoms. The zero-order valence-electron chi connectivity index (χ0n) is 16.9. The van der Waals surface area contributed by atoms with E-state index in [4.69, 9.17) is 26.7 Å². The highest BCUT2D eigenvalue weighted by Gasteiger charge is 2.35. The molecule has 0 saturated carbocycles. The fourth-order valence-corrected chi connectivity index (χ4v) is 3.58. The molecule has 9 nitrogen and oxygen atoms in total. The normalized spacial score (nSPS) is 21.3. The number of nitrogens with zero attached hydrogens (tertiary/aromatic N) is 2. The molecule has 2 aromatic carbocycles. The van der Waals surface area contributed by atoms with Gasteiger partial charge in [-0.15, -0.1) is 0 Å². The Balaban J connectivity index is 1.61. The van der Waals surface area contributed by atoms with Crippen LogP contribution in [0, 0.1) is 0 Å². The number of hydrogen-bond acceptors (Lipinski definition) is 9.